The lowest BCUT2D eigenvalue weighted by Crippen LogP contribution is -2.42. The maximum absolute atomic E-state index is 12.7. The Kier molecular flexibility index (Phi) is 6.33. The van der Waals surface area contributed by atoms with Gasteiger partial charge >= 0.3 is 0 Å². The predicted octanol–water partition coefficient (Wildman–Crippen LogP) is 1.43. The van der Waals surface area contributed by atoms with Crippen LogP contribution >= 0.6 is 24.2 Å². The van der Waals surface area contributed by atoms with Crippen molar-refractivity contribution in [1.29, 1.82) is 0 Å². The van der Waals surface area contributed by atoms with E-state index in [-0.39, 0.29) is 24.4 Å². The molecule has 1 amide bonds. The molecular weight excluding hydrogens is 374 g/mol. The summed E-state index contributed by atoms with van der Waals surface area (Å²) in [5.74, 6) is 1.56. The molecule has 2 aromatic rings. The van der Waals surface area contributed by atoms with Gasteiger partial charge in [-0.15, -0.1) is 24.2 Å². The summed E-state index contributed by atoms with van der Waals surface area (Å²) in [6, 6.07) is 0.198. The predicted molar refractivity (Wildman–Crippen MR) is 105 cm³/mol. The third kappa shape index (κ3) is 4.11. The number of amides is 1. The zero-order valence-electron chi connectivity index (χ0n) is 14.3. The van der Waals surface area contributed by atoms with Crippen LogP contribution in [-0.2, 0) is 4.79 Å². The van der Waals surface area contributed by atoms with E-state index in [4.69, 9.17) is 0 Å². The van der Waals surface area contributed by atoms with Gasteiger partial charge in [-0.25, -0.2) is 15.0 Å². The van der Waals surface area contributed by atoms with E-state index in [1.165, 1.54) is 12.7 Å². The van der Waals surface area contributed by atoms with Crippen molar-refractivity contribution in [1.82, 2.24) is 30.6 Å². The van der Waals surface area contributed by atoms with Gasteiger partial charge in [-0.2, -0.15) is 0 Å². The molecule has 0 aliphatic carbocycles. The third-order valence-electron chi connectivity index (χ3n) is 4.44. The Morgan fingerprint density at radius 3 is 3.15 bits per heavy atom. The summed E-state index contributed by atoms with van der Waals surface area (Å²) >= 11 is 1.59. The van der Waals surface area contributed by atoms with Crippen LogP contribution in [0.25, 0.3) is 11.2 Å². The molecule has 0 aromatic carbocycles. The van der Waals surface area contributed by atoms with Crippen molar-refractivity contribution in [2.24, 2.45) is 0 Å². The number of H-pyrrole nitrogens is 1. The standard InChI is InChI=1S/C16H21N7OS.ClH/c24-16(22-11-3-1-2-4-17-7-11)12-8-23(5-6-25-12)15-13-14(19-9-18-13)20-10-21-15;/h8-11,17H,1-7H2,(H,22,24)(H,18,19,20,21);1H/t11-;/m1./s1. The van der Waals surface area contributed by atoms with Crippen molar-refractivity contribution < 1.29 is 4.79 Å². The van der Waals surface area contributed by atoms with Crippen molar-refractivity contribution in [3.8, 4) is 0 Å². The highest BCUT2D eigenvalue weighted by molar-refractivity contribution is 8.04. The molecule has 0 unspecified atom stereocenters. The lowest BCUT2D eigenvalue weighted by atomic mass is 10.1. The van der Waals surface area contributed by atoms with Gasteiger partial charge in [-0.05, 0) is 19.4 Å². The van der Waals surface area contributed by atoms with E-state index in [0.717, 1.165) is 54.5 Å². The maximum atomic E-state index is 12.7. The summed E-state index contributed by atoms with van der Waals surface area (Å²) in [5, 5.41) is 6.54. The van der Waals surface area contributed by atoms with Crippen LogP contribution in [0.3, 0.4) is 0 Å². The molecule has 0 saturated carbocycles. The van der Waals surface area contributed by atoms with Crippen molar-refractivity contribution in [2.75, 3.05) is 30.3 Å². The molecule has 26 heavy (non-hydrogen) atoms. The fraction of sp³-hybridized carbons (Fsp3) is 0.500. The van der Waals surface area contributed by atoms with Gasteiger partial charge in [-0.3, -0.25) is 4.79 Å². The lowest BCUT2D eigenvalue weighted by Gasteiger charge is -2.26. The largest absolute Gasteiger partial charge is 0.348 e. The van der Waals surface area contributed by atoms with Crippen LogP contribution in [0.5, 0.6) is 0 Å². The van der Waals surface area contributed by atoms with E-state index in [1.54, 1.807) is 18.1 Å². The third-order valence-corrected chi connectivity index (χ3v) is 5.43. The fourth-order valence-electron chi connectivity index (χ4n) is 3.15. The second-order valence-electron chi connectivity index (χ2n) is 6.20. The second kappa shape index (κ2) is 8.70. The van der Waals surface area contributed by atoms with Crippen LogP contribution in [0.1, 0.15) is 19.3 Å². The minimum Gasteiger partial charge on any atom is -0.348 e. The number of fused-ring (bicyclic) bond motifs is 1. The molecular formula is C16H22ClN7OS. The highest BCUT2D eigenvalue weighted by Crippen LogP contribution is 2.28. The summed E-state index contributed by atoms with van der Waals surface area (Å²) in [6.07, 6.45) is 8.35. The van der Waals surface area contributed by atoms with Gasteiger partial charge in [0.1, 0.15) is 6.33 Å². The Morgan fingerprint density at radius 1 is 1.31 bits per heavy atom. The number of carbonyl (C=O) groups is 1. The second-order valence-corrected chi connectivity index (χ2v) is 7.34. The quantitative estimate of drug-likeness (QED) is 0.722. The van der Waals surface area contributed by atoms with Gasteiger partial charge in [-0.1, -0.05) is 6.42 Å². The number of aromatic nitrogens is 4. The summed E-state index contributed by atoms with van der Waals surface area (Å²) in [5.41, 5.74) is 1.42. The summed E-state index contributed by atoms with van der Waals surface area (Å²) < 4.78 is 0. The van der Waals surface area contributed by atoms with Crippen LogP contribution in [0, 0.1) is 0 Å². The highest BCUT2D eigenvalue weighted by atomic mass is 35.5. The van der Waals surface area contributed by atoms with E-state index < -0.39 is 0 Å². The maximum Gasteiger partial charge on any atom is 0.259 e. The molecule has 1 atom stereocenters. The van der Waals surface area contributed by atoms with Crippen molar-refractivity contribution in [2.45, 2.75) is 25.3 Å². The van der Waals surface area contributed by atoms with Gasteiger partial charge in [0.2, 0.25) is 0 Å². The number of imidazole rings is 1. The minimum atomic E-state index is -0.00396. The number of anilines is 1. The Hall–Kier alpha value is -1.84. The van der Waals surface area contributed by atoms with Crippen LogP contribution in [0.15, 0.2) is 23.8 Å². The van der Waals surface area contributed by atoms with Gasteiger partial charge in [0.25, 0.3) is 5.91 Å². The van der Waals surface area contributed by atoms with Crippen LogP contribution in [0.4, 0.5) is 5.82 Å². The fourth-order valence-corrected chi connectivity index (χ4v) is 4.05. The Morgan fingerprint density at radius 2 is 2.23 bits per heavy atom. The average molecular weight is 396 g/mol. The SMILES string of the molecule is Cl.O=C(N[C@@H]1CCCCNC1)C1=CN(c2ncnc3[nH]cnc23)CCS1. The molecule has 0 bridgehead atoms. The van der Waals surface area contributed by atoms with Crippen LogP contribution < -0.4 is 15.5 Å². The first kappa shape index (κ1) is 18.9. The zero-order chi connectivity index (χ0) is 17.1. The zero-order valence-corrected chi connectivity index (χ0v) is 15.9. The van der Waals surface area contributed by atoms with Gasteiger partial charge in [0.05, 0.1) is 11.2 Å². The Bertz CT molecular complexity index is 788. The minimum absolute atomic E-state index is 0. The number of thioether (sulfide) groups is 1. The van der Waals surface area contributed by atoms with Crippen molar-refractivity contribution >= 4 is 47.1 Å². The van der Waals surface area contributed by atoms with E-state index in [1.807, 2.05) is 11.1 Å². The first-order valence-electron chi connectivity index (χ1n) is 8.58. The molecule has 2 aromatic heterocycles. The number of rotatable bonds is 3. The molecule has 0 radical (unpaired) electrons. The molecule has 8 nitrogen and oxygen atoms in total. The summed E-state index contributed by atoms with van der Waals surface area (Å²) in [4.78, 5) is 31.2. The van der Waals surface area contributed by atoms with Crippen LogP contribution in [-0.4, -0.2) is 57.3 Å². The van der Waals surface area contributed by atoms with E-state index in [9.17, 15) is 4.79 Å². The van der Waals surface area contributed by atoms with Gasteiger partial charge < -0.3 is 20.5 Å². The Balaban J connectivity index is 0.00000196. The number of hydrogen-bond acceptors (Lipinski definition) is 7. The smallest absolute Gasteiger partial charge is 0.259 e. The van der Waals surface area contributed by atoms with Crippen LogP contribution in [0.2, 0.25) is 0 Å². The molecule has 10 heteroatoms. The molecule has 4 heterocycles. The first-order chi connectivity index (χ1) is 12.3. The average Bonchev–Trinajstić information content (AvgIpc) is 2.99. The number of nitrogens with one attached hydrogen (secondary N) is 3. The summed E-state index contributed by atoms with van der Waals surface area (Å²) in [6.45, 7) is 2.66. The molecule has 140 valence electrons. The number of aromatic amines is 1. The van der Waals surface area contributed by atoms with E-state index in [0.29, 0.717) is 5.65 Å². The molecule has 4 rings (SSSR count). The van der Waals surface area contributed by atoms with Gasteiger partial charge in [0, 0.05) is 31.1 Å². The van der Waals surface area contributed by atoms with Gasteiger partial charge in [0.15, 0.2) is 17.0 Å². The van der Waals surface area contributed by atoms with E-state index >= 15 is 0 Å². The van der Waals surface area contributed by atoms with Crippen molar-refractivity contribution in [3.05, 3.63) is 23.8 Å². The summed E-state index contributed by atoms with van der Waals surface area (Å²) in [7, 11) is 0. The first-order valence-corrected chi connectivity index (χ1v) is 9.57. The van der Waals surface area contributed by atoms with Crippen molar-refractivity contribution in [3.63, 3.8) is 0 Å². The molecule has 1 saturated heterocycles. The molecule has 2 aliphatic rings. The number of nitrogens with zero attached hydrogens (tertiary/aromatic N) is 4. The normalized spacial score (nSPS) is 20.8. The monoisotopic (exact) mass is 395 g/mol. The highest BCUT2D eigenvalue weighted by Gasteiger charge is 2.23. The molecule has 2 aliphatic heterocycles. The molecule has 0 spiro atoms. The number of hydrogen-bond donors (Lipinski definition) is 3. The molecule has 3 N–H and O–H groups in total. The molecule has 1 fully saturated rings. The number of carbonyl (C=O) groups excluding carboxylic acids is 1. The lowest BCUT2D eigenvalue weighted by molar-refractivity contribution is -0.117. The Labute approximate surface area is 162 Å². The van der Waals surface area contributed by atoms with E-state index in [2.05, 4.69) is 30.6 Å². The topological polar surface area (TPSA) is 98.8 Å². The number of halogens is 1.